The maximum Gasteiger partial charge on any atom is 0.123 e. The fraction of sp³-hybridized carbons (Fsp3) is 0.571. The molecule has 1 saturated heterocycles. The molecule has 1 aromatic rings. The minimum Gasteiger partial charge on any atom is -0.396 e. The van der Waals surface area contributed by atoms with Gasteiger partial charge in [0.2, 0.25) is 0 Å². The van der Waals surface area contributed by atoms with E-state index >= 15 is 0 Å². The molecule has 1 aliphatic rings. The van der Waals surface area contributed by atoms with Crippen LogP contribution in [0.2, 0.25) is 0 Å². The summed E-state index contributed by atoms with van der Waals surface area (Å²) in [6.45, 7) is 3.22. The van der Waals surface area contributed by atoms with E-state index in [2.05, 4.69) is 5.32 Å². The van der Waals surface area contributed by atoms with Gasteiger partial charge in [-0.3, -0.25) is 0 Å². The van der Waals surface area contributed by atoms with Crippen molar-refractivity contribution in [2.75, 3.05) is 26.4 Å². The second kappa shape index (κ2) is 6.27. The summed E-state index contributed by atoms with van der Waals surface area (Å²) in [6, 6.07) is 6.51. The Labute approximate surface area is 107 Å². The predicted octanol–water partition coefficient (Wildman–Crippen LogP) is 1.70. The van der Waals surface area contributed by atoms with Crippen LogP contribution in [0.5, 0.6) is 0 Å². The van der Waals surface area contributed by atoms with E-state index < -0.39 is 0 Å². The highest BCUT2D eigenvalue weighted by Crippen LogP contribution is 2.31. The first kappa shape index (κ1) is 13.5. The van der Waals surface area contributed by atoms with Gasteiger partial charge in [0.25, 0.3) is 0 Å². The molecule has 100 valence electrons. The van der Waals surface area contributed by atoms with E-state index in [0.717, 1.165) is 31.6 Å². The highest BCUT2D eigenvalue weighted by atomic mass is 19.1. The number of hydrogen-bond donors (Lipinski definition) is 2. The van der Waals surface area contributed by atoms with Crippen LogP contribution in [0.3, 0.4) is 0 Å². The lowest BCUT2D eigenvalue weighted by Gasteiger charge is -2.26. The molecule has 3 nitrogen and oxygen atoms in total. The maximum absolute atomic E-state index is 12.8. The van der Waals surface area contributed by atoms with Crippen LogP contribution < -0.4 is 5.32 Å². The highest BCUT2D eigenvalue weighted by Gasteiger charge is 2.33. The zero-order valence-corrected chi connectivity index (χ0v) is 10.5. The van der Waals surface area contributed by atoms with E-state index in [1.54, 1.807) is 12.1 Å². The molecule has 1 atom stereocenters. The molecule has 1 fully saturated rings. The van der Waals surface area contributed by atoms with Crippen LogP contribution in [0.25, 0.3) is 0 Å². The average Bonchev–Trinajstić information content (AvgIpc) is 2.81. The van der Waals surface area contributed by atoms with Gasteiger partial charge in [-0.05, 0) is 30.5 Å². The number of aliphatic hydroxyl groups is 1. The van der Waals surface area contributed by atoms with E-state index in [-0.39, 0.29) is 17.8 Å². The predicted molar refractivity (Wildman–Crippen MR) is 67.7 cm³/mol. The van der Waals surface area contributed by atoms with Gasteiger partial charge in [-0.15, -0.1) is 0 Å². The summed E-state index contributed by atoms with van der Waals surface area (Å²) in [7, 11) is 0. The Morgan fingerprint density at radius 2 is 2.11 bits per heavy atom. The van der Waals surface area contributed by atoms with Crippen LogP contribution in [0, 0.1) is 11.2 Å². The second-order valence-corrected chi connectivity index (χ2v) is 5.01. The van der Waals surface area contributed by atoms with Gasteiger partial charge in [-0.2, -0.15) is 0 Å². The molecule has 0 spiro atoms. The summed E-state index contributed by atoms with van der Waals surface area (Å²) in [5.41, 5.74) is 1.13. The van der Waals surface area contributed by atoms with Crippen molar-refractivity contribution in [2.24, 2.45) is 5.41 Å². The fourth-order valence-corrected chi connectivity index (χ4v) is 2.39. The monoisotopic (exact) mass is 253 g/mol. The third-order valence-electron chi connectivity index (χ3n) is 3.57. The molecule has 0 radical (unpaired) electrons. The summed E-state index contributed by atoms with van der Waals surface area (Å²) >= 11 is 0. The summed E-state index contributed by atoms with van der Waals surface area (Å²) in [4.78, 5) is 0. The Morgan fingerprint density at radius 3 is 2.72 bits per heavy atom. The third-order valence-corrected chi connectivity index (χ3v) is 3.57. The van der Waals surface area contributed by atoms with Crippen LogP contribution in [0.1, 0.15) is 18.4 Å². The Bertz CT molecular complexity index is 361. The van der Waals surface area contributed by atoms with Gasteiger partial charge in [0.1, 0.15) is 5.82 Å². The van der Waals surface area contributed by atoms with Crippen molar-refractivity contribution in [1.82, 2.24) is 5.32 Å². The number of hydrogen-bond acceptors (Lipinski definition) is 3. The molecule has 0 aromatic heterocycles. The molecule has 4 heteroatoms. The van der Waals surface area contributed by atoms with Gasteiger partial charge >= 0.3 is 0 Å². The Balaban J connectivity index is 1.81. The van der Waals surface area contributed by atoms with E-state index in [4.69, 9.17) is 9.84 Å². The highest BCUT2D eigenvalue weighted by molar-refractivity contribution is 5.15. The lowest BCUT2D eigenvalue weighted by molar-refractivity contribution is 0.124. The number of nitrogens with one attached hydrogen (secondary N) is 1. The quantitative estimate of drug-likeness (QED) is 0.811. The van der Waals surface area contributed by atoms with Gasteiger partial charge in [0.05, 0.1) is 6.61 Å². The van der Waals surface area contributed by atoms with Crippen molar-refractivity contribution in [3.63, 3.8) is 0 Å². The van der Waals surface area contributed by atoms with Crippen molar-refractivity contribution in [3.05, 3.63) is 35.6 Å². The minimum absolute atomic E-state index is 0.0643. The van der Waals surface area contributed by atoms with Gasteiger partial charge in [-0.25, -0.2) is 4.39 Å². The topological polar surface area (TPSA) is 41.5 Å². The molecule has 2 N–H and O–H groups in total. The van der Waals surface area contributed by atoms with Crippen LogP contribution in [-0.4, -0.2) is 31.5 Å². The first-order chi connectivity index (χ1) is 8.74. The molecule has 2 rings (SSSR count). The average molecular weight is 253 g/mol. The van der Waals surface area contributed by atoms with Crippen molar-refractivity contribution in [3.8, 4) is 0 Å². The molecule has 0 aliphatic carbocycles. The summed E-state index contributed by atoms with van der Waals surface area (Å²) in [5.74, 6) is -0.209. The first-order valence-electron chi connectivity index (χ1n) is 6.38. The van der Waals surface area contributed by atoms with Crippen LogP contribution >= 0.6 is 0 Å². The first-order valence-corrected chi connectivity index (χ1v) is 6.38. The van der Waals surface area contributed by atoms with Gasteiger partial charge in [0, 0.05) is 31.7 Å². The van der Waals surface area contributed by atoms with E-state index in [1.807, 2.05) is 0 Å². The van der Waals surface area contributed by atoms with Crippen molar-refractivity contribution in [1.29, 1.82) is 0 Å². The van der Waals surface area contributed by atoms with Crippen molar-refractivity contribution in [2.45, 2.75) is 19.4 Å². The molecular formula is C14H20FNO2. The van der Waals surface area contributed by atoms with E-state index in [1.165, 1.54) is 12.1 Å². The molecule has 1 heterocycles. The summed E-state index contributed by atoms with van der Waals surface area (Å²) in [5, 5.41) is 12.5. The van der Waals surface area contributed by atoms with Gasteiger partial charge < -0.3 is 15.2 Å². The SMILES string of the molecule is OCCC1(CNCc2ccc(F)cc2)CCOC1. The van der Waals surface area contributed by atoms with Crippen molar-refractivity contribution >= 4 is 0 Å². The Morgan fingerprint density at radius 1 is 1.33 bits per heavy atom. The molecule has 0 amide bonds. The summed E-state index contributed by atoms with van der Waals surface area (Å²) < 4.78 is 18.2. The zero-order valence-electron chi connectivity index (χ0n) is 10.5. The largest absolute Gasteiger partial charge is 0.396 e. The zero-order chi connectivity index (χ0) is 12.8. The van der Waals surface area contributed by atoms with Crippen LogP contribution in [0.15, 0.2) is 24.3 Å². The maximum atomic E-state index is 12.8. The molecule has 1 aromatic carbocycles. The van der Waals surface area contributed by atoms with Crippen molar-refractivity contribution < 1.29 is 14.2 Å². The third kappa shape index (κ3) is 3.51. The minimum atomic E-state index is -0.209. The van der Waals surface area contributed by atoms with E-state index in [0.29, 0.717) is 13.2 Å². The van der Waals surface area contributed by atoms with Gasteiger partial charge in [-0.1, -0.05) is 12.1 Å². The molecule has 1 aliphatic heterocycles. The van der Waals surface area contributed by atoms with Crippen LogP contribution in [-0.2, 0) is 11.3 Å². The number of ether oxygens (including phenoxy) is 1. The van der Waals surface area contributed by atoms with Gasteiger partial charge in [0.15, 0.2) is 0 Å². The molecule has 0 bridgehead atoms. The molecule has 18 heavy (non-hydrogen) atoms. The Kier molecular flexibility index (Phi) is 4.69. The molecule has 1 unspecified atom stereocenters. The number of rotatable bonds is 6. The Hall–Kier alpha value is -0.970. The smallest absolute Gasteiger partial charge is 0.123 e. The number of aliphatic hydroxyl groups excluding tert-OH is 1. The lowest BCUT2D eigenvalue weighted by Crippen LogP contribution is -2.35. The van der Waals surface area contributed by atoms with E-state index in [9.17, 15) is 4.39 Å². The fourth-order valence-electron chi connectivity index (χ4n) is 2.39. The number of benzene rings is 1. The second-order valence-electron chi connectivity index (χ2n) is 5.01. The standard InChI is InChI=1S/C14H20FNO2/c15-13-3-1-12(2-4-13)9-16-10-14(5-7-17)6-8-18-11-14/h1-4,16-17H,5-11H2. The molecular weight excluding hydrogens is 233 g/mol. The molecule has 0 saturated carbocycles. The normalized spacial score (nSPS) is 23.4. The lowest BCUT2D eigenvalue weighted by atomic mass is 9.84. The number of halogens is 1. The van der Waals surface area contributed by atoms with Crippen LogP contribution in [0.4, 0.5) is 4.39 Å². The summed E-state index contributed by atoms with van der Waals surface area (Å²) in [6.07, 6.45) is 1.76.